The third-order valence-electron chi connectivity index (χ3n) is 9.88. The van der Waals surface area contributed by atoms with Crippen LogP contribution < -0.4 is 9.64 Å². The van der Waals surface area contributed by atoms with Crippen molar-refractivity contribution in [1.29, 1.82) is 0 Å². The maximum absolute atomic E-state index is 15.0. The minimum absolute atomic E-state index is 0.0466. The highest BCUT2D eigenvalue weighted by Gasteiger charge is 2.38. The number of carbonyl (C=O) groups excluding carboxylic acids is 1. The number of carbonyl (C=O) groups is 2. The van der Waals surface area contributed by atoms with Gasteiger partial charge in [0.05, 0.1) is 28.4 Å². The molecule has 0 aliphatic carbocycles. The number of anilines is 1. The number of aromatic nitrogens is 4. The highest BCUT2D eigenvalue weighted by Crippen LogP contribution is 2.45. The number of nitrogens with zero attached hydrogens (tertiary/aromatic N) is 5. The molecule has 6 aromatic rings. The van der Waals surface area contributed by atoms with Gasteiger partial charge in [0.2, 0.25) is 0 Å². The summed E-state index contributed by atoms with van der Waals surface area (Å²) in [7, 11) is 1.65. The Bertz CT molecular complexity index is 2390. The van der Waals surface area contributed by atoms with Gasteiger partial charge >= 0.3 is 5.97 Å². The van der Waals surface area contributed by atoms with Crippen LogP contribution in [0.1, 0.15) is 68.4 Å². The monoisotopic (exact) mass is 725 g/mol. The molecule has 0 bridgehead atoms. The van der Waals surface area contributed by atoms with E-state index in [1.54, 1.807) is 16.5 Å². The maximum atomic E-state index is 15.0. The number of halogens is 2. The number of hydrogen-bond acceptors (Lipinski definition) is 6. The summed E-state index contributed by atoms with van der Waals surface area (Å²) in [5.74, 6) is -0.713. The summed E-state index contributed by atoms with van der Waals surface area (Å²) in [5.41, 5.74) is 8.19. The molecule has 1 aliphatic heterocycles. The van der Waals surface area contributed by atoms with E-state index in [0.717, 1.165) is 55.9 Å². The van der Waals surface area contributed by atoms with Crippen LogP contribution in [0.3, 0.4) is 0 Å². The van der Waals surface area contributed by atoms with Gasteiger partial charge in [0.15, 0.2) is 0 Å². The van der Waals surface area contributed by atoms with Crippen LogP contribution >= 0.6 is 23.2 Å². The number of carboxylic acids is 1. The summed E-state index contributed by atoms with van der Waals surface area (Å²) in [5, 5.41) is 23.3. The van der Waals surface area contributed by atoms with Gasteiger partial charge in [-0.25, -0.2) is 14.8 Å². The molecule has 262 valence electrons. The Morgan fingerprint density at radius 3 is 2.33 bits per heavy atom. The van der Waals surface area contributed by atoms with Crippen molar-refractivity contribution in [3.8, 4) is 22.6 Å². The number of amides is 1. The minimum Gasteiger partial charge on any atom is -0.508 e. The molecule has 0 fully saturated rings. The van der Waals surface area contributed by atoms with Crippen LogP contribution in [-0.2, 0) is 13.5 Å². The zero-order valence-electron chi connectivity index (χ0n) is 29.1. The fourth-order valence-corrected chi connectivity index (χ4v) is 7.99. The minimum atomic E-state index is -1.11. The van der Waals surface area contributed by atoms with Gasteiger partial charge in [0.25, 0.3) is 5.91 Å². The molecule has 12 heteroatoms. The largest absolute Gasteiger partial charge is 0.508 e. The zero-order valence-corrected chi connectivity index (χ0v) is 30.6. The highest BCUT2D eigenvalue weighted by atomic mass is 35.5. The number of phenols is 1. The molecule has 0 saturated carbocycles. The van der Waals surface area contributed by atoms with E-state index in [1.807, 2.05) is 58.9 Å². The average molecular weight is 727 g/mol. The number of carboxylic acid groups (broad SMARTS) is 1. The van der Waals surface area contributed by atoms with E-state index in [4.69, 9.17) is 27.9 Å². The van der Waals surface area contributed by atoms with Gasteiger partial charge in [0.1, 0.15) is 29.2 Å². The van der Waals surface area contributed by atoms with Crippen molar-refractivity contribution in [2.24, 2.45) is 7.05 Å². The van der Waals surface area contributed by atoms with Gasteiger partial charge < -0.3 is 29.0 Å². The Labute approximate surface area is 304 Å². The molecule has 4 heterocycles. The number of phenolic OH excluding ortho intramolecular Hbond substituents is 1. The molecule has 1 atom stereocenters. The van der Waals surface area contributed by atoms with E-state index < -0.39 is 5.97 Å². The van der Waals surface area contributed by atoms with Crippen molar-refractivity contribution in [2.45, 2.75) is 53.5 Å². The molecule has 1 aliphatic rings. The third-order valence-corrected chi connectivity index (χ3v) is 10.8. The Kier molecular flexibility index (Phi) is 8.71. The van der Waals surface area contributed by atoms with Crippen molar-refractivity contribution in [3.05, 3.63) is 98.3 Å². The van der Waals surface area contributed by atoms with Crippen LogP contribution in [0.15, 0.2) is 48.8 Å². The van der Waals surface area contributed by atoms with Crippen LogP contribution in [0, 0.1) is 27.7 Å². The van der Waals surface area contributed by atoms with Gasteiger partial charge in [-0.15, -0.1) is 0 Å². The van der Waals surface area contributed by atoms with Gasteiger partial charge in [-0.05, 0) is 94.5 Å². The molecule has 51 heavy (non-hydrogen) atoms. The van der Waals surface area contributed by atoms with Crippen LogP contribution in [0.5, 0.6) is 11.5 Å². The van der Waals surface area contributed by atoms with Crippen LogP contribution in [0.25, 0.3) is 32.9 Å². The fraction of sp³-hybridized carbons (Fsp3) is 0.282. The van der Waals surface area contributed by atoms with Gasteiger partial charge in [-0.1, -0.05) is 29.3 Å². The topological polar surface area (TPSA) is 123 Å². The average Bonchev–Trinajstić information content (AvgIpc) is 3.59. The first kappa shape index (κ1) is 34.4. The van der Waals surface area contributed by atoms with Gasteiger partial charge in [-0.3, -0.25) is 4.79 Å². The summed E-state index contributed by atoms with van der Waals surface area (Å²) in [6, 6.07) is 12.0. The predicted octanol–water partition coefficient (Wildman–Crippen LogP) is 8.77. The molecule has 2 N–H and O–H groups in total. The fourth-order valence-electron chi connectivity index (χ4n) is 7.63. The summed E-state index contributed by atoms with van der Waals surface area (Å²) < 4.78 is 9.81. The number of aromatic carboxylic acids is 1. The van der Waals surface area contributed by atoms with Crippen LogP contribution in [-0.4, -0.2) is 54.3 Å². The molecule has 10 nitrogen and oxygen atoms in total. The normalized spacial score (nSPS) is 14.5. The second kappa shape index (κ2) is 12.9. The number of ether oxygens (including phenoxy) is 1. The maximum Gasteiger partial charge on any atom is 0.352 e. The lowest BCUT2D eigenvalue weighted by Gasteiger charge is -2.35. The Morgan fingerprint density at radius 1 is 0.980 bits per heavy atom. The first-order chi connectivity index (χ1) is 24.3. The lowest BCUT2D eigenvalue weighted by atomic mass is 9.97. The van der Waals surface area contributed by atoms with Crippen LogP contribution in [0.4, 0.5) is 5.69 Å². The molecular formula is C39H37Cl2N5O5. The predicted molar refractivity (Wildman–Crippen MR) is 200 cm³/mol. The number of aryl methyl sites for hydroxylation is 6. The molecule has 7 rings (SSSR count). The third kappa shape index (κ3) is 5.67. The van der Waals surface area contributed by atoms with E-state index >= 15 is 0 Å². The van der Waals surface area contributed by atoms with Crippen molar-refractivity contribution in [3.63, 3.8) is 0 Å². The van der Waals surface area contributed by atoms with E-state index in [1.165, 1.54) is 24.5 Å². The van der Waals surface area contributed by atoms with Crippen molar-refractivity contribution >= 4 is 62.6 Å². The van der Waals surface area contributed by atoms with Crippen molar-refractivity contribution < 1.29 is 24.5 Å². The Morgan fingerprint density at radius 2 is 1.67 bits per heavy atom. The van der Waals surface area contributed by atoms with Crippen LogP contribution in [0.2, 0.25) is 10.0 Å². The van der Waals surface area contributed by atoms with E-state index in [2.05, 4.69) is 14.5 Å². The number of benzene rings is 3. The number of fused-ring (bicyclic) bond motifs is 4. The Balaban J connectivity index is 1.40. The van der Waals surface area contributed by atoms with Gasteiger partial charge in [0, 0.05) is 64.0 Å². The second-order valence-electron chi connectivity index (χ2n) is 13.3. The van der Waals surface area contributed by atoms with E-state index in [-0.39, 0.29) is 29.9 Å². The summed E-state index contributed by atoms with van der Waals surface area (Å²) in [4.78, 5) is 37.7. The van der Waals surface area contributed by atoms with Crippen molar-refractivity contribution in [1.82, 2.24) is 19.1 Å². The summed E-state index contributed by atoms with van der Waals surface area (Å²) in [6.45, 7) is 10.4. The first-order valence-corrected chi connectivity index (χ1v) is 17.4. The molecule has 0 spiro atoms. The molecule has 1 amide bonds. The Hall–Kier alpha value is -5.06. The van der Waals surface area contributed by atoms with Crippen molar-refractivity contribution in [2.75, 3.05) is 18.1 Å². The lowest BCUT2D eigenvalue weighted by molar-refractivity contribution is 0.0687. The molecular weight excluding hydrogens is 689 g/mol. The van der Waals surface area contributed by atoms with E-state index in [9.17, 15) is 19.8 Å². The number of aromatic hydroxyl groups is 1. The quantitative estimate of drug-likeness (QED) is 0.150. The number of hydrogen-bond donors (Lipinski definition) is 2. The lowest BCUT2D eigenvalue weighted by Crippen LogP contribution is -2.43. The SMILES string of the molecule is Cc1cc(OCCCc2c3n(c4c(-c5c(C)ncnc5C)c(Cl)ccc24)[C@H](C)CN(c2cc(O)cc4cc(C(=O)O)n(C)c24)C3=O)cc(C)c1Cl. The standard InChI is InChI=1S/C39H37Cl2N5O5/c1-19-12-26(13-20(2)34(19)41)51-11-7-8-27-28-9-10-29(40)33(32-22(4)42-18-43-23(32)5)36(28)46-21(3)17-45(38(48)37(27)46)30-16-25(47)14-24-15-31(39(49)50)44(6)35(24)30/h9-10,12-16,18,21,47H,7-8,11,17H2,1-6H3,(H,49,50)/t21-/m1/s1. The highest BCUT2D eigenvalue weighted by molar-refractivity contribution is 6.35. The molecule has 0 saturated heterocycles. The molecule has 0 unspecified atom stereocenters. The van der Waals surface area contributed by atoms with Gasteiger partial charge in [-0.2, -0.15) is 0 Å². The molecule has 3 aromatic carbocycles. The zero-order chi connectivity index (χ0) is 36.5. The molecule has 3 aromatic heterocycles. The first-order valence-electron chi connectivity index (χ1n) is 16.7. The second-order valence-corrected chi connectivity index (χ2v) is 14.1. The molecule has 0 radical (unpaired) electrons. The summed E-state index contributed by atoms with van der Waals surface area (Å²) >= 11 is 13.4. The number of rotatable bonds is 8. The summed E-state index contributed by atoms with van der Waals surface area (Å²) in [6.07, 6.45) is 2.66. The van der Waals surface area contributed by atoms with E-state index in [0.29, 0.717) is 51.8 Å². The smallest absolute Gasteiger partial charge is 0.352 e.